The van der Waals surface area contributed by atoms with Crippen LogP contribution in [0.3, 0.4) is 0 Å². The predicted octanol–water partition coefficient (Wildman–Crippen LogP) is -1.58. The second-order valence-electron chi connectivity index (χ2n) is 10.9. The summed E-state index contributed by atoms with van der Waals surface area (Å²) in [4.78, 5) is 25.9. The van der Waals surface area contributed by atoms with Gasteiger partial charge in [-0.2, -0.15) is 0 Å². The van der Waals surface area contributed by atoms with Crippen molar-refractivity contribution >= 4 is 11.9 Å². The summed E-state index contributed by atoms with van der Waals surface area (Å²) in [6.07, 6.45) is -7.80. The number of esters is 2. The molecule has 2 saturated carbocycles. The van der Waals surface area contributed by atoms with Crippen LogP contribution in [0.4, 0.5) is 0 Å². The Labute approximate surface area is 172 Å². The highest BCUT2D eigenvalue weighted by molar-refractivity contribution is 5.91. The fourth-order valence-electron chi connectivity index (χ4n) is 8.35. The molecule has 4 N–H and O–H groups in total. The first-order valence-electron chi connectivity index (χ1n) is 10.3. The molecule has 12 atom stereocenters. The van der Waals surface area contributed by atoms with Gasteiger partial charge in [0.15, 0.2) is 12.4 Å². The van der Waals surface area contributed by atoms with Gasteiger partial charge in [0.1, 0.15) is 11.7 Å². The average molecular weight is 426 g/mol. The molecule has 0 aromatic carbocycles. The third kappa shape index (κ3) is 1.41. The number of hydrogen-bond acceptors (Lipinski definition) is 10. The minimum atomic E-state index is -2.06. The predicted molar refractivity (Wildman–Crippen MR) is 93.0 cm³/mol. The maximum atomic E-state index is 13.4. The summed E-state index contributed by atoms with van der Waals surface area (Å²) in [7, 11) is 0. The summed E-state index contributed by atoms with van der Waals surface area (Å²) in [5.41, 5.74) is -7.71. The molecule has 6 fully saturated rings. The number of fused-ring (bicyclic) bond motifs is 1. The molecule has 0 aromatic rings. The lowest BCUT2D eigenvalue weighted by Gasteiger charge is -2.46. The third-order valence-corrected chi connectivity index (χ3v) is 9.07. The van der Waals surface area contributed by atoms with Gasteiger partial charge in [-0.3, -0.25) is 0 Å². The van der Waals surface area contributed by atoms with Gasteiger partial charge in [0.2, 0.25) is 11.9 Å². The van der Waals surface area contributed by atoms with Crippen LogP contribution in [0.1, 0.15) is 34.1 Å². The molecule has 4 aliphatic heterocycles. The van der Waals surface area contributed by atoms with Crippen LogP contribution in [0.5, 0.6) is 0 Å². The molecule has 10 heteroatoms. The highest BCUT2D eigenvalue weighted by atomic mass is 16.8. The van der Waals surface area contributed by atoms with Gasteiger partial charge in [0.05, 0.1) is 23.0 Å². The van der Waals surface area contributed by atoms with E-state index >= 15 is 0 Å². The van der Waals surface area contributed by atoms with Gasteiger partial charge < -0.3 is 39.4 Å². The molecule has 10 nitrogen and oxygen atoms in total. The van der Waals surface area contributed by atoms with Crippen molar-refractivity contribution in [3.05, 3.63) is 0 Å². The smallest absolute Gasteiger partial charge is 0.342 e. The SMILES string of the molecule is C[C@@H]1C(O)OC2CC34C5OC(=O)C3(O[C@@H]3OC(=O)[C@H](O)C34C(C(C)(C)C)[C@H]5O)[C@]21O. The lowest BCUT2D eigenvalue weighted by atomic mass is 9.51. The number of ether oxygens (including phenoxy) is 4. The molecular formula is C20H26O10. The summed E-state index contributed by atoms with van der Waals surface area (Å²) < 4.78 is 22.9. The number of aliphatic hydroxyl groups excluding tert-OH is 3. The van der Waals surface area contributed by atoms with E-state index in [0.29, 0.717) is 0 Å². The zero-order valence-electron chi connectivity index (χ0n) is 17.1. The monoisotopic (exact) mass is 426 g/mol. The fraction of sp³-hybridized carbons (Fsp3) is 0.900. The Kier molecular flexibility index (Phi) is 3.15. The number of aliphatic hydroxyl groups is 4. The van der Waals surface area contributed by atoms with Gasteiger partial charge >= 0.3 is 11.9 Å². The van der Waals surface area contributed by atoms with Crippen LogP contribution < -0.4 is 0 Å². The van der Waals surface area contributed by atoms with Crippen LogP contribution in [0.2, 0.25) is 0 Å². The maximum absolute atomic E-state index is 13.4. The summed E-state index contributed by atoms with van der Waals surface area (Å²) >= 11 is 0. The third-order valence-electron chi connectivity index (χ3n) is 9.07. The number of carbonyl (C=O) groups excluding carboxylic acids is 2. The zero-order valence-corrected chi connectivity index (χ0v) is 17.1. The van der Waals surface area contributed by atoms with Gasteiger partial charge in [0.25, 0.3) is 0 Å². The van der Waals surface area contributed by atoms with Gasteiger partial charge in [-0.15, -0.1) is 0 Å². The standard InChI is InChI=1S/C20H26O10/c1-6-12(23)27-7-5-17-11-8(21)9(16(2,3)4)18(17)10(22)13(24)29-15(18)30-20(17,14(25)28-11)19(6,7)26/h6-12,15,21-23,26H,5H2,1-4H3/t6-,7?,8-,9?,10+,11?,12?,15+,17?,18?,19-,20?/m1/s1. The van der Waals surface area contributed by atoms with Crippen molar-refractivity contribution in [3.63, 3.8) is 0 Å². The molecule has 166 valence electrons. The molecular weight excluding hydrogens is 400 g/mol. The van der Waals surface area contributed by atoms with Crippen molar-refractivity contribution < 1.29 is 49.0 Å². The van der Waals surface area contributed by atoms with Crippen molar-refractivity contribution in [2.24, 2.45) is 28.1 Å². The Bertz CT molecular complexity index is 883. The topological polar surface area (TPSA) is 152 Å². The minimum Gasteiger partial charge on any atom is -0.457 e. The molecule has 0 aromatic heterocycles. The van der Waals surface area contributed by atoms with Crippen LogP contribution in [-0.4, -0.2) is 80.6 Å². The van der Waals surface area contributed by atoms with Crippen LogP contribution in [0, 0.1) is 28.1 Å². The highest BCUT2D eigenvalue weighted by Gasteiger charge is 3.02. The lowest BCUT2D eigenvalue weighted by molar-refractivity contribution is -0.239. The molecule has 4 saturated heterocycles. The van der Waals surface area contributed by atoms with E-state index in [0.717, 1.165) is 0 Å². The van der Waals surface area contributed by atoms with Crippen LogP contribution in [0.15, 0.2) is 0 Å². The van der Waals surface area contributed by atoms with Gasteiger partial charge in [-0.1, -0.05) is 27.7 Å². The Morgan fingerprint density at radius 3 is 2.40 bits per heavy atom. The van der Waals surface area contributed by atoms with E-state index in [9.17, 15) is 30.0 Å². The number of carbonyl (C=O) groups is 2. The first kappa shape index (κ1) is 19.4. The van der Waals surface area contributed by atoms with Crippen molar-refractivity contribution in [2.75, 3.05) is 0 Å². The molecule has 2 spiro atoms. The first-order chi connectivity index (χ1) is 13.8. The Morgan fingerprint density at radius 2 is 1.77 bits per heavy atom. The molecule has 7 unspecified atom stereocenters. The fourth-order valence-corrected chi connectivity index (χ4v) is 8.35. The second kappa shape index (κ2) is 4.87. The van der Waals surface area contributed by atoms with Crippen molar-refractivity contribution in [2.45, 2.75) is 82.3 Å². The first-order valence-corrected chi connectivity index (χ1v) is 10.3. The Balaban J connectivity index is 1.70. The number of hydrogen-bond donors (Lipinski definition) is 4. The molecule has 2 aliphatic carbocycles. The van der Waals surface area contributed by atoms with E-state index in [1.165, 1.54) is 6.92 Å². The summed E-state index contributed by atoms with van der Waals surface area (Å²) in [6, 6.07) is 0. The van der Waals surface area contributed by atoms with Gasteiger partial charge in [-0.05, 0) is 11.8 Å². The van der Waals surface area contributed by atoms with E-state index in [2.05, 4.69) is 0 Å². The van der Waals surface area contributed by atoms with Crippen molar-refractivity contribution in [1.29, 1.82) is 0 Å². The van der Waals surface area contributed by atoms with Crippen molar-refractivity contribution in [3.8, 4) is 0 Å². The summed E-state index contributed by atoms with van der Waals surface area (Å²) in [5, 5.41) is 44.8. The normalized spacial score (nSPS) is 62.8. The molecule has 6 rings (SSSR count). The largest absolute Gasteiger partial charge is 0.457 e. The summed E-state index contributed by atoms with van der Waals surface area (Å²) in [6.45, 7) is 7.11. The van der Waals surface area contributed by atoms with Gasteiger partial charge in [0, 0.05) is 11.8 Å². The quantitative estimate of drug-likeness (QED) is 0.334. The Hall–Kier alpha value is -1.30. The van der Waals surface area contributed by atoms with E-state index in [1.807, 2.05) is 20.8 Å². The van der Waals surface area contributed by atoms with Gasteiger partial charge in [-0.25, -0.2) is 9.59 Å². The molecule has 0 amide bonds. The molecule has 30 heavy (non-hydrogen) atoms. The van der Waals surface area contributed by atoms with E-state index in [1.54, 1.807) is 0 Å². The van der Waals surface area contributed by atoms with E-state index < -0.39 is 88.2 Å². The molecule has 4 heterocycles. The highest BCUT2D eigenvalue weighted by Crippen LogP contribution is 2.84. The van der Waals surface area contributed by atoms with Crippen LogP contribution in [0.25, 0.3) is 0 Å². The summed E-state index contributed by atoms with van der Waals surface area (Å²) in [5.74, 6) is -3.48. The average Bonchev–Trinajstić information content (AvgIpc) is 3.32. The lowest BCUT2D eigenvalue weighted by Crippen LogP contribution is -2.66. The minimum absolute atomic E-state index is 0.0465. The van der Waals surface area contributed by atoms with Crippen LogP contribution >= 0.6 is 0 Å². The maximum Gasteiger partial charge on any atom is 0.342 e. The molecule has 6 aliphatic rings. The number of rotatable bonds is 0. The second-order valence-corrected chi connectivity index (χ2v) is 10.9. The molecule has 0 bridgehead atoms. The molecule has 0 radical (unpaired) electrons. The Morgan fingerprint density at radius 1 is 1.10 bits per heavy atom. The zero-order chi connectivity index (χ0) is 21.8. The van der Waals surface area contributed by atoms with Crippen LogP contribution in [-0.2, 0) is 28.5 Å². The van der Waals surface area contributed by atoms with E-state index in [-0.39, 0.29) is 6.42 Å². The van der Waals surface area contributed by atoms with E-state index in [4.69, 9.17) is 18.9 Å². The van der Waals surface area contributed by atoms with Crippen molar-refractivity contribution in [1.82, 2.24) is 0 Å².